The predicted octanol–water partition coefficient (Wildman–Crippen LogP) is 6.34. The van der Waals surface area contributed by atoms with Crippen LogP contribution in [0.3, 0.4) is 0 Å². The molecule has 0 bridgehead atoms. The molecule has 2 aromatic carbocycles. The van der Waals surface area contributed by atoms with Gasteiger partial charge in [0.05, 0.1) is 5.52 Å². The molecule has 0 spiro atoms. The molecule has 1 heterocycles. The molecule has 1 aliphatic rings. The maximum absolute atomic E-state index is 4.93. The fourth-order valence-electron chi connectivity index (χ4n) is 3.88. The van der Waals surface area contributed by atoms with E-state index in [-0.39, 0.29) is 5.41 Å². The van der Waals surface area contributed by atoms with Gasteiger partial charge in [0.2, 0.25) is 0 Å². The maximum Gasteiger partial charge on any atom is 0.162 e. The van der Waals surface area contributed by atoms with E-state index in [0.29, 0.717) is 6.04 Å². The van der Waals surface area contributed by atoms with E-state index in [9.17, 15) is 0 Å². The van der Waals surface area contributed by atoms with Crippen LogP contribution < -0.4 is 5.32 Å². The van der Waals surface area contributed by atoms with Gasteiger partial charge in [-0.25, -0.2) is 9.97 Å². The Labute approximate surface area is 162 Å². The van der Waals surface area contributed by atoms with Gasteiger partial charge >= 0.3 is 0 Å². The van der Waals surface area contributed by atoms with Crippen molar-refractivity contribution < 1.29 is 0 Å². The van der Waals surface area contributed by atoms with Gasteiger partial charge in [-0.05, 0) is 36.0 Å². The highest BCUT2D eigenvalue weighted by atomic mass is 15.1. The summed E-state index contributed by atoms with van der Waals surface area (Å²) in [6.07, 6.45) is 6.43. The molecule has 0 atom stereocenters. The molecule has 0 aliphatic heterocycles. The average Bonchev–Trinajstić information content (AvgIpc) is 2.68. The van der Waals surface area contributed by atoms with Gasteiger partial charge in [-0.15, -0.1) is 0 Å². The van der Waals surface area contributed by atoms with Crippen molar-refractivity contribution in [1.29, 1.82) is 0 Å². The van der Waals surface area contributed by atoms with Crippen LogP contribution in [0, 0.1) is 0 Å². The molecular formula is C24H29N3. The topological polar surface area (TPSA) is 37.8 Å². The molecule has 3 aromatic rings. The Morgan fingerprint density at radius 2 is 1.56 bits per heavy atom. The summed E-state index contributed by atoms with van der Waals surface area (Å²) in [5, 5.41) is 4.83. The third-order valence-electron chi connectivity index (χ3n) is 5.56. The Hall–Kier alpha value is -2.42. The molecular weight excluding hydrogens is 330 g/mol. The quantitative estimate of drug-likeness (QED) is 0.593. The highest BCUT2D eigenvalue weighted by Gasteiger charge is 2.17. The number of hydrogen-bond acceptors (Lipinski definition) is 3. The van der Waals surface area contributed by atoms with Crippen molar-refractivity contribution in [2.24, 2.45) is 0 Å². The minimum Gasteiger partial charge on any atom is -0.367 e. The molecule has 1 aliphatic carbocycles. The van der Waals surface area contributed by atoms with Crippen molar-refractivity contribution in [2.75, 3.05) is 5.32 Å². The predicted molar refractivity (Wildman–Crippen MR) is 114 cm³/mol. The maximum atomic E-state index is 4.93. The van der Waals surface area contributed by atoms with Crippen molar-refractivity contribution >= 4 is 16.7 Å². The highest BCUT2D eigenvalue weighted by molar-refractivity contribution is 5.90. The summed E-state index contributed by atoms with van der Waals surface area (Å²) in [6.45, 7) is 6.71. The summed E-state index contributed by atoms with van der Waals surface area (Å²) in [5.74, 6) is 1.77. The lowest BCUT2D eigenvalue weighted by Crippen LogP contribution is -2.23. The van der Waals surface area contributed by atoms with Crippen LogP contribution in [0.2, 0.25) is 0 Å². The van der Waals surface area contributed by atoms with Crippen molar-refractivity contribution in [3.8, 4) is 11.4 Å². The molecule has 1 saturated carbocycles. The zero-order valence-electron chi connectivity index (χ0n) is 16.6. The molecule has 4 rings (SSSR count). The van der Waals surface area contributed by atoms with E-state index in [4.69, 9.17) is 9.97 Å². The number of aromatic nitrogens is 2. The van der Waals surface area contributed by atoms with E-state index in [0.717, 1.165) is 28.1 Å². The van der Waals surface area contributed by atoms with Crippen LogP contribution in [0.1, 0.15) is 58.4 Å². The minimum atomic E-state index is 0.149. The van der Waals surface area contributed by atoms with Gasteiger partial charge in [-0.3, -0.25) is 0 Å². The van der Waals surface area contributed by atoms with E-state index < -0.39 is 0 Å². The first-order chi connectivity index (χ1) is 13.0. The number of hydrogen-bond donors (Lipinski definition) is 1. The highest BCUT2D eigenvalue weighted by Crippen LogP contribution is 2.29. The van der Waals surface area contributed by atoms with Crippen LogP contribution in [-0.2, 0) is 5.41 Å². The van der Waals surface area contributed by atoms with Crippen LogP contribution in [0.25, 0.3) is 22.3 Å². The third kappa shape index (κ3) is 3.97. The number of fused-ring (bicyclic) bond motifs is 1. The molecule has 1 N–H and O–H groups in total. The molecule has 27 heavy (non-hydrogen) atoms. The average molecular weight is 360 g/mol. The van der Waals surface area contributed by atoms with Crippen molar-refractivity contribution in [3.05, 3.63) is 54.1 Å². The smallest absolute Gasteiger partial charge is 0.162 e. The lowest BCUT2D eigenvalue weighted by molar-refractivity contribution is 0.462. The summed E-state index contributed by atoms with van der Waals surface area (Å²) in [6, 6.07) is 17.5. The van der Waals surface area contributed by atoms with Crippen LogP contribution in [0.4, 0.5) is 5.82 Å². The molecule has 0 saturated heterocycles. The molecule has 3 nitrogen and oxygen atoms in total. The molecule has 140 valence electrons. The number of rotatable bonds is 3. The lowest BCUT2D eigenvalue weighted by atomic mass is 9.86. The Kier molecular flexibility index (Phi) is 4.86. The summed E-state index contributed by atoms with van der Waals surface area (Å²) in [4.78, 5) is 9.77. The van der Waals surface area contributed by atoms with Crippen LogP contribution >= 0.6 is 0 Å². The van der Waals surface area contributed by atoms with Crippen LogP contribution in [0.15, 0.2) is 48.5 Å². The number of benzene rings is 2. The van der Waals surface area contributed by atoms with E-state index in [1.807, 2.05) is 6.07 Å². The van der Waals surface area contributed by atoms with Gasteiger partial charge in [-0.1, -0.05) is 76.4 Å². The van der Waals surface area contributed by atoms with Gasteiger partial charge < -0.3 is 5.32 Å². The third-order valence-corrected chi connectivity index (χ3v) is 5.56. The SMILES string of the molecule is CC(C)(C)c1ccc(-c2nc(NC3CCCCC3)c3ccccc3n2)cc1. The zero-order chi connectivity index (χ0) is 18.9. The summed E-state index contributed by atoms with van der Waals surface area (Å²) >= 11 is 0. The number of nitrogens with zero attached hydrogens (tertiary/aromatic N) is 2. The molecule has 3 heteroatoms. The Morgan fingerprint density at radius 1 is 0.852 bits per heavy atom. The first kappa shape index (κ1) is 18.0. The number of anilines is 1. The van der Waals surface area contributed by atoms with Crippen LogP contribution in [-0.4, -0.2) is 16.0 Å². The van der Waals surface area contributed by atoms with E-state index in [1.165, 1.54) is 37.7 Å². The number of nitrogens with one attached hydrogen (secondary N) is 1. The molecule has 0 amide bonds. The summed E-state index contributed by atoms with van der Waals surface area (Å²) < 4.78 is 0. The van der Waals surface area contributed by atoms with Gasteiger partial charge in [0, 0.05) is 17.0 Å². The van der Waals surface area contributed by atoms with Gasteiger partial charge in [0.1, 0.15) is 5.82 Å². The van der Waals surface area contributed by atoms with E-state index >= 15 is 0 Å². The van der Waals surface area contributed by atoms with Gasteiger partial charge in [-0.2, -0.15) is 0 Å². The largest absolute Gasteiger partial charge is 0.367 e. The second kappa shape index (κ2) is 7.30. The standard InChI is InChI=1S/C24H29N3/c1-24(2,3)18-15-13-17(14-16-18)22-26-21-12-8-7-11-20(21)23(27-22)25-19-9-5-4-6-10-19/h7-8,11-16,19H,4-6,9-10H2,1-3H3,(H,25,26,27). The van der Waals surface area contributed by atoms with Crippen LogP contribution in [0.5, 0.6) is 0 Å². The first-order valence-corrected chi connectivity index (χ1v) is 10.1. The summed E-state index contributed by atoms with van der Waals surface area (Å²) in [7, 11) is 0. The molecule has 1 fully saturated rings. The Morgan fingerprint density at radius 3 is 2.26 bits per heavy atom. The Balaban J connectivity index is 1.72. The molecule has 0 unspecified atom stereocenters. The van der Waals surface area contributed by atoms with E-state index in [1.54, 1.807) is 0 Å². The van der Waals surface area contributed by atoms with E-state index in [2.05, 4.69) is 68.6 Å². The molecule has 0 radical (unpaired) electrons. The second-order valence-electron chi connectivity index (χ2n) is 8.72. The zero-order valence-corrected chi connectivity index (χ0v) is 16.6. The fraction of sp³-hybridized carbons (Fsp3) is 0.417. The van der Waals surface area contributed by atoms with Crippen molar-refractivity contribution in [1.82, 2.24) is 9.97 Å². The second-order valence-corrected chi connectivity index (χ2v) is 8.72. The normalized spacial score (nSPS) is 15.8. The summed E-state index contributed by atoms with van der Waals surface area (Å²) in [5.41, 5.74) is 3.55. The number of para-hydroxylation sites is 1. The van der Waals surface area contributed by atoms with Crippen molar-refractivity contribution in [3.63, 3.8) is 0 Å². The van der Waals surface area contributed by atoms with Crippen molar-refractivity contribution in [2.45, 2.75) is 64.3 Å². The Bertz CT molecular complexity index is 917. The fourth-order valence-corrected chi connectivity index (χ4v) is 3.88. The minimum absolute atomic E-state index is 0.149. The first-order valence-electron chi connectivity index (χ1n) is 10.1. The van der Waals surface area contributed by atoms with Gasteiger partial charge in [0.25, 0.3) is 0 Å². The monoisotopic (exact) mass is 359 g/mol. The lowest BCUT2D eigenvalue weighted by Gasteiger charge is -2.24. The van der Waals surface area contributed by atoms with Gasteiger partial charge in [0.15, 0.2) is 5.82 Å². The molecule has 1 aromatic heterocycles.